The highest BCUT2D eigenvalue weighted by Gasteiger charge is 2.20. The highest BCUT2D eigenvalue weighted by atomic mass is 32.2. The highest BCUT2D eigenvalue weighted by Crippen LogP contribution is 2.34. The Morgan fingerprint density at radius 3 is 2.59 bits per heavy atom. The molecule has 0 saturated heterocycles. The Bertz CT molecular complexity index is 1060. The molecule has 0 aliphatic rings. The molecule has 0 aliphatic carbocycles. The van der Waals surface area contributed by atoms with Crippen molar-refractivity contribution in [1.29, 1.82) is 0 Å². The number of thioether (sulfide) groups is 1. The van der Waals surface area contributed by atoms with E-state index >= 15 is 0 Å². The SMILES string of the molecule is Cc1ccc(-n2nnnc2SC(C)c2nnc(-c3ccccc3)o2)c(C)c1. The average Bonchev–Trinajstić information content (AvgIpc) is 3.32. The molecule has 0 aliphatic heterocycles. The number of aryl methyl sites for hydroxylation is 2. The molecule has 136 valence electrons. The van der Waals surface area contributed by atoms with Crippen LogP contribution in [0.15, 0.2) is 58.1 Å². The van der Waals surface area contributed by atoms with E-state index in [1.807, 2.05) is 56.3 Å². The van der Waals surface area contributed by atoms with Crippen molar-refractivity contribution in [2.75, 3.05) is 0 Å². The topological polar surface area (TPSA) is 82.5 Å². The molecule has 2 aromatic heterocycles. The van der Waals surface area contributed by atoms with E-state index in [-0.39, 0.29) is 5.25 Å². The van der Waals surface area contributed by atoms with E-state index in [1.165, 1.54) is 17.3 Å². The fourth-order valence-corrected chi connectivity index (χ4v) is 3.58. The van der Waals surface area contributed by atoms with Gasteiger partial charge in [0.05, 0.1) is 10.9 Å². The fourth-order valence-electron chi connectivity index (χ4n) is 2.75. The molecule has 7 nitrogen and oxygen atoms in total. The van der Waals surface area contributed by atoms with Gasteiger partial charge in [-0.25, -0.2) is 0 Å². The third-order valence-corrected chi connectivity index (χ3v) is 5.13. The van der Waals surface area contributed by atoms with Crippen LogP contribution in [0.5, 0.6) is 0 Å². The van der Waals surface area contributed by atoms with E-state index in [9.17, 15) is 0 Å². The molecule has 1 atom stereocenters. The van der Waals surface area contributed by atoms with Gasteiger partial charge in [-0.2, -0.15) is 4.68 Å². The summed E-state index contributed by atoms with van der Waals surface area (Å²) in [5.74, 6) is 1.04. The smallest absolute Gasteiger partial charge is 0.247 e. The summed E-state index contributed by atoms with van der Waals surface area (Å²) >= 11 is 1.48. The monoisotopic (exact) mass is 378 g/mol. The zero-order valence-electron chi connectivity index (χ0n) is 15.2. The molecule has 4 rings (SSSR count). The van der Waals surface area contributed by atoms with Crippen LogP contribution < -0.4 is 0 Å². The molecular formula is C19H18N6OS. The van der Waals surface area contributed by atoms with E-state index < -0.39 is 0 Å². The number of nitrogens with zero attached hydrogens (tertiary/aromatic N) is 6. The Morgan fingerprint density at radius 1 is 1.00 bits per heavy atom. The van der Waals surface area contributed by atoms with Gasteiger partial charge in [0.2, 0.25) is 16.9 Å². The lowest BCUT2D eigenvalue weighted by Crippen LogP contribution is -2.02. The number of hydrogen-bond acceptors (Lipinski definition) is 7. The molecule has 0 N–H and O–H groups in total. The summed E-state index contributed by atoms with van der Waals surface area (Å²) in [7, 11) is 0. The van der Waals surface area contributed by atoms with Gasteiger partial charge in [-0.3, -0.25) is 0 Å². The van der Waals surface area contributed by atoms with Crippen LogP contribution >= 0.6 is 11.8 Å². The van der Waals surface area contributed by atoms with Crippen LogP contribution in [-0.4, -0.2) is 30.4 Å². The number of benzene rings is 2. The van der Waals surface area contributed by atoms with E-state index in [0.717, 1.165) is 16.8 Å². The van der Waals surface area contributed by atoms with Gasteiger partial charge in [-0.15, -0.1) is 15.3 Å². The van der Waals surface area contributed by atoms with Crippen LogP contribution in [0.25, 0.3) is 17.1 Å². The molecule has 2 heterocycles. The number of tetrazole rings is 1. The van der Waals surface area contributed by atoms with Crippen molar-refractivity contribution in [3.63, 3.8) is 0 Å². The van der Waals surface area contributed by atoms with E-state index in [4.69, 9.17) is 4.42 Å². The Labute approximate surface area is 160 Å². The summed E-state index contributed by atoms with van der Waals surface area (Å²) in [5, 5.41) is 21.1. The van der Waals surface area contributed by atoms with Crippen molar-refractivity contribution in [1.82, 2.24) is 30.4 Å². The second-order valence-electron chi connectivity index (χ2n) is 6.23. The summed E-state index contributed by atoms with van der Waals surface area (Å²) in [4.78, 5) is 0. The Hall–Kier alpha value is -3.00. The molecule has 2 aromatic carbocycles. The third kappa shape index (κ3) is 3.61. The van der Waals surface area contributed by atoms with Crippen LogP contribution in [0, 0.1) is 13.8 Å². The summed E-state index contributed by atoms with van der Waals surface area (Å²) in [5.41, 5.74) is 4.16. The maximum absolute atomic E-state index is 5.84. The van der Waals surface area contributed by atoms with Crippen molar-refractivity contribution in [2.24, 2.45) is 0 Å². The van der Waals surface area contributed by atoms with Crippen molar-refractivity contribution in [2.45, 2.75) is 31.2 Å². The first-order valence-corrected chi connectivity index (χ1v) is 9.41. The van der Waals surface area contributed by atoms with Crippen molar-refractivity contribution >= 4 is 11.8 Å². The van der Waals surface area contributed by atoms with Crippen LogP contribution in [0.1, 0.15) is 29.2 Å². The fraction of sp³-hybridized carbons (Fsp3) is 0.211. The molecule has 0 bridgehead atoms. The molecule has 0 amide bonds. The quantitative estimate of drug-likeness (QED) is 0.482. The van der Waals surface area contributed by atoms with Gasteiger partial charge < -0.3 is 4.42 Å². The van der Waals surface area contributed by atoms with Gasteiger partial charge in [-0.1, -0.05) is 47.7 Å². The predicted octanol–water partition coefficient (Wildman–Crippen LogP) is 4.18. The third-order valence-electron chi connectivity index (χ3n) is 4.11. The molecule has 8 heteroatoms. The maximum Gasteiger partial charge on any atom is 0.247 e. The second-order valence-corrected chi connectivity index (χ2v) is 7.54. The van der Waals surface area contributed by atoms with Crippen molar-refractivity contribution in [3.8, 4) is 17.1 Å². The summed E-state index contributed by atoms with van der Waals surface area (Å²) in [6.07, 6.45) is 0. The zero-order valence-corrected chi connectivity index (χ0v) is 16.0. The van der Waals surface area contributed by atoms with Gasteiger partial charge in [-0.05, 0) is 55.0 Å². The average molecular weight is 378 g/mol. The minimum absolute atomic E-state index is 0.0922. The van der Waals surface area contributed by atoms with E-state index in [0.29, 0.717) is 16.9 Å². The van der Waals surface area contributed by atoms with E-state index in [2.05, 4.69) is 38.7 Å². The molecule has 4 aromatic rings. The Kier molecular flexibility index (Phi) is 4.72. The maximum atomic E-state index is 5.84. The first-order valence-electron chi connectivity index (χ1n) is 8.53. The van der Waals surface area contributed by atoms with Crippen LogP contribution in [0.2, 0.25) is 0 Å². The lowest BCUT2D eigenvalue weighted by Gasteiger charge is -2.10. The molecule has 0 spiro atoms. The predicted molar refractivity (Wildman–Crippen MR) is 103 cm³/mol. The van der Waals surface area contributed by atoms with Crippen LogP contribution in [0.4, 0.5) is 0 Å². The molecule has 0 radical (unpaired) electrons. The van der Waals surface area contributed by atoms with Crippen LogP contribution in [0.3, 0.4) is 0 Å². The molecule has 0 fully saturated rings. The number of hydrogen-bond donors (Lipinski definition) is 0. The lowest BCUT2D eigenvalue weighted by molar-refractivity contribution is 0.508. The molecule has 1 unspecified atom stereocenters. The minimum Gasteiger partial charge on any atom is -0.419 e. The summed E-state index contributed by atoms with van der Waals surface area (Å²) < 4.78 is 7.58. The van der Waals surface area contributed by atoms with Gasteiger partial charge in [0.15, 0.2) is 0 Å². The van der Waals surface area contributed by atoms with Gasteiger partial charge in [0.25, 0.3) is 0 Å². The van der Waals surface area contributed by atoms with Gasteiger partial charge >= 0.3 is 0 Å². The lowest BCUT2D eigenvalue weighted by atomic mass is 10.1. The Balaban J connectivity index is 1.57. The number of aromatic nitrogens is 6. The van der Waals surface area contributed by atoms with Gasteiger partial charge in [0.1, 0.15) is 0 Å². The highest BCUT2D eigenvalue weighted by molar-refractivity contribution is 7.99. The minimum atomic E-state index is -0.0922. The summed E-state index contributed by atoms with van der Waals surface area (Å²) in [6, 6.07) is 15.9. The molecule has 27 heavy (non-hydrogen) atoms. The van der Waals surface area contributed by atoms with Crippen molar-refractivity contribution < 1.29 is 4.42 Å². The normalized spacial score (nSPS) is 12.3. The van der Waals surface area contributed by atoms with Crippen molar-refractivity contribution in [3.05, 3.63) is 65.5 Å². The largest absolute Gasteiger partial charge is 0.419 e. The molecular weight excluding hydrogens is 360 g/mol. The second kappa shape index (κ2) is 7.32. The number of rotatable bonds is 5. The first kappa shape index (κ1) is 17.4. The standard InChI is InChI=1S/C19H18N6OS/c1-12-9-10-16(13(2)11-12)25-19(22-23-24-25)27-14(3)17-20-21-18(26-17)15-7-5-4-6-8-15/h4-11,14H,1-3H3. The first-order chi connectivity index (χ1) is 13.1. The van der Waals surface area contributed by atoms with Crippen LogP contribution in [-0.2, 0) is 0 Å². The van der Waals surface area contributed by atoms with E-state index in [1.54, 1.807) is 4.68 Å². The Morgan fingerprint density at radius 2 is 1.81 bits per heavy atom. The van der Waals surface area contributed by atoms with Gasteiger partial charge in [0, 0.05) is 5.56 Å². The molecule has 0 saturated carbocycles. The summed E-state index contributed by atoms with van der Waals surface area (Å²) in [6.45, 7) is 6.11. The zero-order chi connectivity index (χ0) is 18.8.